The first kappa shape index (κ1) is 10.6. The molecule has 0 unspecified atom stereocenters. The topological polar surface area (TPSA) is 20.2 Å². The molecule has 1 N–H and O–H groups in total. The smallest absolute Gasteiger partial charge is 0.417 e. The van der Waals surface area contributed by atoms with Gasteiger partial charge in [-0.05, 0) is 19.1 Å². The number of halogens is 3. The first-order valence-corrected chi connectivity index (χ1v) is 3.98. The molecule has 0 saturated heterocycles. The summed E-state index contributed by atoms with van der Waals surface area (Å²) in [5.74, 6) is -0.363. The minimum absolute atomic E-state index is 0.192. The van der Waals surface area contributed by atoms with E-state index in [1.54, 1.807) is 0 Å². The molecule has 0 fully saturated rings. The van der Waals surface area contributed by atoms with Crippen LogP contribution in [0.1, 0.15) is 18.1 Å². The first-order valence-electron chi connectivity index (χ1n) is 3.98. The molecule has 0 saturated carbocycles. The van der Waals surface area contributed by atoms with Gasteiger partial charge in [0.05, 0.1) is 5.56 Å². The fourth-order valence-corrected chi connectivity index (χ4v) is 1.11. The summed E-state index contributed by atoms with van der Waals surface area (Å²) >= 11 is 0. The monoisotopic (exact) mass is 202 g/mol. The lowest BCUT2D eigenvalue weighted by Gasteiger charge is -2.11. The van der Waals surface area contributed by atoms with Gasteiger partial charge in [-0.1, -0.05) is 18.2 Å². The molecule has 0 atom stereocenters. The number of hydrogen-bond acceptors (Lipinski definition) is 1. The van der Waals surface area contributed by atoms with Gasteiger partial charge in [-0.15, -0.1) is 0 Å². The van der Waals surface area contributed by atoms with E-state index in [1.165, 1.54) is 31.2 Å². The van der Waals surface area contributed by atoms with E-state index in [9.17, 15) is 18.3 Å². The molecule has 0 aliphatic rings. The number of aliphatic hydroxyl groups is 1. The molecule has 1 aromatic carbocycles. The van der Waals surface area contributed by atoms with Gasteiger partial charge in [-0.2, -0.15) is 13.2 Å². The van der Waals surface area contributed by atoms with Gasteiger partial charge < -0.3 is 5.11 Å². The SMILES string of the molecule is CC=C(O)c1ccccc1C(F)(F)F. The van der Waals surface area contributed by atoms with E-state index < -0.39 is 11.7 Å². The molecular weight excluding hydrogens is 193 g/mol. The van der Waals surface area contributed by atoms with Gasteiger partial charge in [-0.25, -0.2) is 0 Å². The van der Waals surface area contributed by atoms with Crippen molar-refractivity contribution in [2.75, 3.05) is 0 Å². The maximum Gasteiger partial charge on any atom is 0.417 e. The van der Waals surface area contributed by atoms with E-state index in [0.29, 0.717) is 0 Å². The molecule has 0 radical (unpaired) electrons. The Labute approximate surface area is 79.5 Å². The molecule has 0 spiro atoms. The van der Waals surface area contributed by atoms with Gasteiger partial charge in [0.25, 0.3) is 0 Å². The second-order valence-corrected chi connectivity index (χ2v) is 2.72. The predicted octanol–water partition coefficient (Wildman–Crippen LogP) is 3.62. The van der Waals surface area contributed by atoms with Crippen LogP contribution in [0.15, 0.2) is 30.3 Å². The molecular formula is C10H9F3O. The predicted molar refractivity (Wildman–Crippen MR) is 47.7 cm³/mol. The summed E-state index contributed by atoms with van der Waals surface area (Å²) < 4.78 is 37.2. The number of rotatable bonds is 1. The Kier molecular flexibility index (Phi) is 2.84. The van der Waals surface area contributed by atoms with Crippen LogP contribution >= 0.6 is 0 Å². The Morgan fingerprint density at radius 1 is 1.29 bits per heavy atom. The highest BCUT2D eigenvalue weighted by atomic mass is 19.4. The van der Waals surface area contributed by atoms with E-state index in [2.05, 4.69) is 0 Å². The quantitative estimate of drug-likeness (QED) is 0.689. The van der Waals surface area contributed by atoms with Crippen molar-refractivity contribution in [1.82, 2.24) is 0 Å². The maximum absolute atomic E-state index is 12.4. The molecule has 0 aliphatic carbocycles. The molecule has 0 heterocycles. The zero-order valence-electron chi connectivity index (χ0n) is 7.47. The van der Waals surface area contributed by atoms with Gasteiger partial charge >= 0.3 is 6.18 Å². The number of benzene rings is 1. The number of allylic oxidation sites excluding steroid dienone is 1. The Bertz CT molecular complexity index is 353. The molecule has 0 aliphatic heterocycles. The van der Waals surface area contributed by atoms with Crippen molar-refractivity contribution in [3.8, 4) is 0 Å². The fourth-order valence-electron chi connectivity index (χ4n) is 1.11. The van der Waals surface area contributed by atoms with Gasteiger partial charge in [0.2, 0.25) is 0 Å². The molecule has 1 rings (SSSR count). The van der Waals surface area contributed by atoms with E-state index >= 15 is 0 Å². The first-order chi connectivity index (χ1) is 6.46. The van der Waals surface area contributed by atoms with Gasteiger partial charge in [0.1, 0.15) is 5.76 Å². The molecule has 14 heavy (non-hydrogen) atoms. The lowest BCUT2D eigenvalue weighted by molar-refractivity contribution is -0.137. The third-order valence-electron chi connectivity index (χ3n) is 1.78. The van der Waals surface area contributed by atoms with Crippen LogP contribution in [0.3, 0.4) is 0 Å². The van der Waals surface area contributed by atoms with E-state index in [1.807, 2.05) is 0 Å². The normalized spacial score (nSPS) is 13.0. The average Bonchev–Trinajstić information content (AvgIpc) is 2.15. The third-order valence-corrected chi connectivity index (χ3v) is 1.78. The summed E-state index contributed by atoms with van der Waals surface area (Å²) in [7, 11) is 0. The Hall–Kier alpha value is -1.45. The lowest BCUT2D eigenvalue weighted by atomic mass is 10.1. The highest BCUT2D eigenvalue weighted by Crippen LogP contribution is 2.33. The number of aliphatic hydroxyl groups excluding tert-OH is 1. The minimum atomic E-state index is -4.44. The van der Waals surface area contributed by atoms with Crippen LogP contribution in [0.25, 0.3) is 5.76 Å². The Balaban J connectivity index is 3.31. The molecule has 0 bridgehead atoms. The summed E-state index contributed by atoms with van der Waals surface area (Å²) in [4.78, 5) is 0. The molecule has 0 aromatic heterocycles. The molecule has 1 nitrogen and oxygen atoms in total. The zero-order valence-corrected chi connectivity index (χ0v) is 7.47. The van der Waals surface area contributed by atoms with Gasteiger partial charge in [0, 0.05) is 5.56 Å². The van der Waals surface area contributed by atoms with Crippen LogP contribution < -0.4 is 0 Å². The van der Waals surface area contributed by atoms with Crippen LogP contribution in [0, 0.1) is 0 Å². The minimum Gasteiger partial charge on any atom is -0.508 e. The van der Waals surface area contributed by atoms with Crippen molar-refractivity contribution >= 4 is 5.76 Å². The molecule has 4 heteroatoms. The van der Waals surface area contributed by atoms with Crippen molar-refractivity contribution in [1.29, 1.82) is 0 Å². The van der Waals surface area contributed by atoms with Crippen LogP contribution in [0.2, 0.25) is 0 Å². The number of alkyl halides is 3. The number of hydrogen-bond donors (Lipinski definition) is 1. The van der Waals surface area contributed by atoms with Crippen molar-refractivity contribution < 1.29 is 18.3 Å². The maximum atomic E-state index is 12.4. The average molecular weight is 202 g/mol. The highest BCUT2D eigenvalue weighted by Gasteiger charge is 2.33. The summed E-state index contributed by atoms with van der Waals surface area (Å²) in [6.07, 6.45) is -3.21. The second kappa shape index (κ2) is 3.74. The lowest BCUT2D eigenvalue weighted by Crippen LogP contribution is -2.08. The largest absolute Gasteiger partial charge is 0.508 e. The van der Waals surface area contributed by atoms with Crippen molar-refractivity contribution in [2.24, 2.45) is 0 Å². The van der Waals surface area contributed by atoms with E-state index in [0.717, 1.165) is 6.07 Å². The van der Waals surface area contributed by atoms with Crippen LogP contribution in [0.5, 0.6) is 0 Å². The fraction of sp³-hybridized carbons (Fsp3) is 0.200. The molecule has 76 valence electrons. The van der Waals surface area contributed by atoms with Crippen molar-refractivity contribution in [2.45, 2.75) is 13.1 Å². The molecule has 1 aromatic rings. The Morgan fingerprint density at radius 3 is 2.36 bits per heavy atom. The standard InChI is InChI=1S/C10H9F3O/c1-2-9(14)7-5-3-4-6-8(7)10(11,12)13/h2-6,14H,1H3. The van der Waals surface area contributed by atoms with Gasteiger partial charge in [0.15, 0.2) is 0 Å². The van der Waals surface area contributed by atoms with Gasteiger partial charge in [-0.3, -0.25) is 0 Å². The summed E-state index contributed by atoms with van der Waals surface area (Å²) in [6, 6.07) is 4.91. The van der Waals surface area contributed by atoms with E-state index in [-0.39, 0.29) is 11.3 Å². The van der Waals surface area contributed by atoms with Crippen molar-refractivity contribution in [3.63, 3.8) is 0 Å². The second-order valence-electron chi connectivity index (χ2n) is 2.72. The Morgan fingerprint density at radius 2 is 1.86 bits per heavy atom. The van der Waals surface area contributed by atoms with Crippen LogP contribution in [-0.2, 0) is 6.18 Å². The van der Waals surface area contributed by atoms with Crippen LogP contribution in [-0.4, -0.2) is 5.11 Å². The van der Waals surface area contributed by atoms with E-state index in [4.69, 9.17) is 0 Å². The summed E-state index contributed by atoms with van der Waals surface area (Å²) in [6.45, 7) is 1.47. The third kappa shape index (κ3) is 2.07. The highest BCUT2D eigenvalue weighted by molar-refractivity contribution is 5.62. The zero-order chi connectivity index (χ0) is 10.8. The summed E-state index contributed by atoms with van der Waals surface area (Å²) in [5, 5.41) is 9.23. The van der Waals surface area contributed by atoms with Crippen LogP contribution in [0.4, 0.5) is 13.2 Å². The molecule has 0 amide bonds. The summed E-state index contributed by atoms with van der Waals surface area (Å²) in [5.41, 5.74) is -1.02. The van der Waals surface area contributed by atoms with Crippen molar-refractivity contribution in [3.05, 3.63) is 41.5 Å².